The second-order valence-corrected chi connectivity index (χ2v) is 7.76. The molecule has 0 amide bonds. The number of ketones is 1. The summed E-state index contributed by atoms with van der Waals surface area (Å²) in [6, 6.07) is 7.90. The number of ether oxygens (including phenoxy) is 3. The van der Waals surface area contributed by atoms with Gasteiger partial charge in [-0.05, 0) is 45.2 Å². The Kier molecular flexibility index (Phi) is 6.13. The first-order valence-electron chi connectivity index (χ1n) is 10.9. The summed E-state index contributed by atoms with van der Waals surface area (Å²) in [5.74, 6) is 1.69. The minimum atomic E-state index is -0.108. The SMILES string of the molecule is CCCOc1cc(OCC)c(N)c2c1-c1c(OCCC3CCCN3)cccc1C2=O. The van der Waals surface area contributed by atoms with E-state index in [2.05, 4.69) is 5.32 Å². The molecule has 1 heterocycles. The molecule has 1 unspecified atom stereocenters. The molecule has 6 nitrogen and oxygen atoms in total. The molecule has 1 atom stereocenters. The van der Waals surface area contributed by atoms with E-state index in [9.17, 15) is 4.79 Å². The quantitative estimate of drug-likeness (QED) is 0.515. The van der Waals surface area contributed by atoms with Gasteiger partial charge < -0.3 is 25.3 Å². The Morgan fingerprint density at radius 2 is 1.87 bits per heavy atom. The molecule has 1 aliphatic carbocycles. The second-order valence-electron chi connectivity index (χ2n) is 7.76. The fourth-order valence-corrected chi connectivity index (χ4v) is 4.28. The summed E-state index contributed by atoms with van der Waals surface area (Å²) in [4.78, 5) is 13.3. The highest BCUT2D eigenvalue weighted by molar-refractivity contribution is 6.26. The van der Waals surface area contributed by atoms with Gasteiger partial charge in [-0.15, -0.1) is 0 Å². The predicted octanol–water partition coefficient (Wildman–Crippen LogP) is 4.19. The Morgan fingerprint density at radius 1 is 1.03 bits per heavy atom. The number of fused-ring (bicyclic) bond motifs is 3. The van der Waals surface area contributed by atoms with E-state index >= 15 is 0 Å². The molecule has 0 bridgehead atoms. The summed E-state index contributed by atoms with van der Waals surface area (Å²) in [7, 11) is 0. The molecule has 2 aliphatic rings. The maximum atomic E-state index is 13.3. The van der Waals surface area contributed by atoms with E-state index in [1.54, 1.807) is 6.07 Å². The number of carbonyl (C=O) groups excluding carboxylic acids is 1. The first-order chi connectivity index (χ1) is 14.7. The molecule has 0 radical (unpaired) electrons. The smallest absolute Gasteiger partial charge is 0.196 e. The maximum absolute atomic E-state index is 13.3. The average Bonchev–Trinajstić information content (AvgIpc) is 3.37. The molecule has 1 aliphatic heterocycles. The van der Waals surface area contributed by atoms with Gasteiger partial charge in [-0.1, -0.05) is 19.1 Å². The highest BCUT2D eigenvalue weighted by Crippen LogP contribution is 2.52. The molecule has 0 aromatic heterocycles. The summed E-state index contributed by atoms with van der Waals surface area (Å²) in [6.45, 7) is 6.61. The number of anilines is 1. The fourth-order valence-electron chi connectivity index (χ4n) is 4.28. The van der Waals surface area contributed by atoms with Gasteiger partial charge >= 0.3 is 0 Å². The third-order valence-corrected chi connectivity index (χ3v) is 5.69. The van der Waals surface area contributed by atoms with Crippen molar-refractivity contribution in [3.63, 3.8) is 0 Å². The first-order valence-corrected chi connectivity index (χ1v) is 10.9. The number of carbonyl (C=O) groups is 1. The normalized spacial score (nSPS) is 17.0. The van der Waals surface area contributed by atoms with Crippen LogP contribution in [0.1, 0.15) is 55.5 Å². The standard InChI is InChI=1S/C24H30N2O4/c1-3-12-29-18-14-19(28-4-2)23(25)22-21(18)20-16(24(22)27)8-5-9-17(20)30-13-10-15-7-6-11-26-15/h5,8-9,14-15,26H,3-4,6-7,10-13,25H2,1-2H3. The Hall–Kier alpha value is -2.73. The Bertz CT molecular complexity index is 935. The lowest BCUT2D eigenvalue weighted by Crippen LogP contribution is -2.23. The average molecular weight is 411 g/mol. The molecular formula is C24H30N2O4. The lowest BCUT2D eigenvalue weighted by molar-refractivity contribution is 0.104. The zero-order valence-electron chi connectivity index (χ0n) is 17.8. The van der Waals surface area contributed by atoms with Crippen molar-refractivity contribution < 1.29 is 19.0 Å². The molecule has 2 aromatic rings. The largest absolute Gasteiger partial charge is 0.493 e. The van der Waals surface area contributed by atoms with Crippen LogP contribution >= 0.6 is 0 Å². The van der Waals surface area contributed by atoms with Crippen molar-refractivity contribution in [3.8, 4) is 28.4 Å². The molecule has 1 saturated heterocycles. The molecule has 6 heteroatoms. The predicted molar refractivity (Wildman–Crippen MR) is 118 cm³/mol. The Balaban J connectivity index is 1.73. The van der Waals surface area contributed by atoms with Crippen molar-refractivity contribution >= 4 is 11.5 Å². The molecule has 1 fully saturated rings. The summed E-state index contributed by atoms with van der Waals surface area (Å²) in [5, 5.41) is 3.49. The van der Waals surface area contributed by atoms with E-state index in [4.69, 9.17) is 19.9 Å². The number of hydrogen-bond donors (Lipinski definition) is 2. The van der Waals surface area contributed by atoms with Gasteiger partial charge in [0.1, 0.15) is 17.2 Å². The van der Waals surface area contributed by atoms with Crippen LogP contribution in [0.5, 0.6) is 17.2 Å². The summed E-state index contributed by atoms with van der Waals surface area (Å²) < 4.78 is 17.9. The number of benzene rings is 2. The third kappa shape index (κ3) is 3.72. The highest BCUT2D eigenvalue weighted by atomic mass is 16.5. The van der Waals surface area contributed by atoms with E-state index in [1.807, 2.05) is 32.0 Å². The maximum Gasteiger partial charge on any atom is 0.196 e. The topological polar surface area (TPSA) is 82.8 Å². The molecule has 3 N–H and O–H groups in total. The lowest BCUT2D eigenvalue weighted by atomic mass is 10.0. The van der Waals surface area contributed by atoms with Gasteiger partial charge in [0.05, 0.1) is 31.1 Å². The van der Waals surface area contributed by atoms with Crippen LogP contribution in [-0.4, -0.2) is 38.2 Å². The van der Waals surface area contributed by atoms with E-state index in [-0.39, 0.29) is 5.78 Å². The minimum Gasteiger partial charge on any atom is -0.493 e. The van der Waals surface area contributed by atoms with Gasteiger partial charge in [-0.2, -0.15) is 0 Å². The van der Waals surface area contributed by atoms with Gasteiger partial charge in [0.25, 0.3) is 0 Å². The monoisotopic (exact) mass is 410 g/mol. The van der Waals surface area contributed by atoms with Crippen LogP contribution in [0.2, 0.25) is 0 Å². The van der Waals surface area contributed by atoms with Crippen molar-refractivity contribution in [3.05, 3.63) is 35.4 Å². The number of nitrogens with two attached hydrogens (primary N) is 1. The zero-order chi connectivity index (χ0) is 21.1. The first kappa shape index (κ1) is 20.5. The molecule has 4 rings (SSSR count). The van der Waals surface area contributed by atoms with Crippen LogP contribution in [0.3, 0.4) is 0 Å². The lowest BCUT2D eigenvalue weighted by Gasteiger charge is -2.18. The molecule has 160 valence electrons. The highest BCUT2D eigenvalue weighted by Gasteiger charge is 2.36. The van der Waals surface area contributed by atoms with Gasteiger partial charge in [0.2, 0.25) is 0 Å². The molecule has 0 spiro atoms. The van der Waals surface area contributed by atoms with E-state index in [0.29, 0.717) is 59.9 Å². The van der Waals surface area contributed by atoms with E-state index in [0.717, 1.165) is 30.5 Å². The number of nitrogens with one attached hydrogen (secondary N) is 1. The van der Waals surface area contributed by atoms with Crippen molar-refractivity contribution in [2.45, 2.75) is 45.6 Å². The fraction of sp³-hybridized carbons (Fsp3) is 0.458. The number of rotatable bonds is 9. The van der Waals surface area contributed by atoms with E-state index in [1.165, 1.54) is 12.8 Å². The van der Waals surface area contributed by atoms with Gasteiger partial charge in [0, 0.05) is 28.8 Å². The van der Waals surface area contributed by atoms with Crippen molar-refractivity contribution in [2.75, 3.05) is 32.1 Å². The minimum absolute atomic E-state index is 0.108. The van der Waals surface area contributed by atoms with Crippen molar-refractivity contribution in [2.24, 2.45) is 0 Å². The number of hydrogen-bond acceptors (Lipinski definition) is 6. The summed E-state index contributed by atoms with van der Waals surface area (Å²) in [5.41, 5.74) is 9.28. The molecular weight excluding hydrogens is 380 g/mol. The molecule has 30 heavy (non-hydrogen) atoms. The summed E-state index contributed by atoms with van der Waals surface area (Å²) >= 11 is 0. The van der Waals surface area contributed by atoms with Crippen LogP contribution in [0.15, 0.2) is 24.3 Å². The number of nitrogen functional groups attached to an aromatic ring is 1. The van der Waals surface area contributed by atoms with Crippen LogP contribution in [0.25, 0.3) is 11.1 Å². The van der Waals surface area contributed by atoms with Crippen LogP contribution in [-0.2, 0) is 0 Å². The van der Waals surface area contributed by atoms with Crippen molar-refractivity contribution in [1.29, 1.82) is 0 Å². The summed E-state index contributed by atoms with van der Waals surface area (Å²) in [6.07, 6.45) is 4.20. The van der Waals surface area contributed by atoms with Gasteiger partial charge in [-0.25, -0.2) is 0 Å². The van der Waals surface area contributed by atoms with E-state index < -0.39 is 0 Å². The van der Waals surface area contributed by atoms with Crippen LogP contribution in [0.4, 0.5) is 5.69 Å². The zero-order valence-corrected chi connectivity index (χ0v) is 17.8. The van der Waals surface area contributed by atoms with Crippen LogP contribution in [0, 0.1) is 0 Å². The molecule has 0 saturated carbocycles. The Labute approximate surface area is 177 Å². The Morgan fingerprint density at radius 3 is 2.60 bits per heavy atom. The van der Waals surface area contributed by atoms with Gasteiger partial charge in [-0.3, -0.25) is 4.79 Å². The van der Waals surface area contributed by atoms with Crippen LogP contribution < -0.4 is 25.3 Å². The molecule has 2 aromatic carbocycles. The second kappa shape index (κ2) is 8.96. The van der Waals surface area contributed by atoms with Crippen molar-refractivity contribution in [1.82, 2.24) is 5.32 Å². The third-order valence-electron chi connectivity index (χ3n) is 5.69. The van der Waals surface area contributed by atoms with Gasteiger partial charge in [0.15, 0.2) is 5.78 Å².